The van der Waals surface area contributed by atoms with Gasteiger partial charge in [-0.3, -0.25) is 14.7 Å². The molecule has 1 aliphatic carbocycles. The molecule has 4 rings (SSSR count). The van der Waals surface area contributed by atoms with Crippen molar-refractivity contribution in [3.05, 3.63) is 28.9 Å². The second kappa shape index (κ2) is 7.08. The van der Waals surface area contributed by atoms with E-state index in [1.807, 2.05) is 6.92 Å². The SMILES string of the molecule is CCSc1nnc(NC(=O)Cn2nc(-c3ccco3)n(C3CC3)c2=O)s1. The van der Waals surface area contributed by atoms with Gasteiger partial charge in [-0.15, -0.1) is 15.3 Å². The molecule has 26 heavy (non-hydrogen) atoms. The molecule has 11 heteroatoms. The fraction of sp³-hybridized carbons (Fsp3) is 0.400. The Morgan fingerprint density at radius 1 is 1.46 bits per heavy atom. The molecule has 0 bridgehead atoms. The zero-order chi connectivity index (χ0) is 18.1. The maximum Gasteiger partial charge on any atom is 0.347 e. The van der Waals surface area contributed by atoms with E-state index in [4.69, 9.17) is 4.42 Å². The van der Waals surface area contributed by atoms with E-state index >= 15 is 0 Å². The van der Waals surface area contributed by atoms with Crippen molar-refractivity contribution >= 4 is 34.1 Å². The number of nitrogens with one attached hydrogen (secondary N) is 1. The number of carbonyl (C=O) groups is 1. The Morgan fingerprint density at radius 3 is 3.00 bits per heavy atom. The first-order chi connectivity index (χ1) is 12.7. The summed E-state index contributed by atoms with van der Waals surface area (Å²) in [7, 11) is 0. The molecule has 0 saturated heterocycles. The van der Waals surface area contributed by atoms with Crippen LogP contribution in [0, 0.1) is 0 Å². The van der Waals surface area contributed by atoms with Crippen molar-refractivity contribution in [3.8, 4) is 11.6 Å². The standard InChI is InChI=1S/C15H16N6O3S2/c1-2-25-14-18-17-13(26-14)16-11(22)8-20-15(23)21(9-5-6-9)12(19-20)10-4-3-7-24-10/h3-4,7,9H,2,5-6,8H2,1H3,(H,16,17,22). The molecule has 3 heterocycles. The fourth-order valence-electron chi connectivity index (χ4n) is 2.50. The third-order valence-electron chi connectivity index (χ3n) is 3.74. The van der Waals surface area contributed by atoms with Crippen molar-refractivity contribution < 1.29 is 9.21 Å². The predicted molar refractivity (Wildman–Crippen MR) is 97.4 cm³/mol. The quantitative estimate of drug-likeness (QED) is 0.485. The van der Waals surface area contributed by atoms with Gasteiger partial charge in [0.05, 0.1) is 6.26 Å². The van der Waals surface area contributed by atoms with Crippen LogP contribution in [0.15, 0.2) is 31.9 Å². The Morgan fingerprint density at radius 2 is 2.31 bits per heavy atom. The Labute approximate surface area is 156 Å². The smallest absolute Gasteiger partial charge is 0.347 e. The van der Waals surface area contributed by atoms with Crippen molar-refractivity contribution in [2.75, 3.05) is 11.1 Å². The number of hydrogen-bond donors (Lipinski definition) is 1. The molecule has 1 N–H and O–H groups in total. The molecule has 0 aliphatic heterocycles. The minimum absolute atomic E-state index is 0.121. The number of amides is 1. The second-order valence-corrected chi connectivity index (χ2v) is 8.19. The van der Waals surface area contributed by atoms with E-state index in [1.54, 1.807) is 28.5 Å². The highest BCUT2D eigenvalue weighted by Gasteiger charge is 2.31. The third kappa shape index (κ3) is 3.44. The molecular formula is C15H16N6O3S2. The molecule has 0 aromatic carbocycles. The lowest BCUT2D eigenvalue weighted by Gasteiger charge is -2.00. The van der Waals surface area contributed by atoms with Crippen molar-refractivity contribution in [3.63, 3.8) is 0 Å². The van der Waals surface area contributed by atoms with Gasteiger partial charge in [0.2, 0.25) is 16.9 Å². The molecule has 0 spiro atoms. The Kier molecular flexibility index (Phi) is 4.64. The van der Waals surface area contributed by atoms with Crippen LogP contribution in [0.3, 0.4) is 0 Å². The molecule has 0 radical (unpaired) electrons. The lowest BCUT2D eigenvalue weighted by Crippen LogP contribution is -2.30. The van der Waals surface area contributed by atoms with E-state index < -0.39 is 0 Å². The van der Waals surface area contributed by atoms with Gasteiger partial charge in [0.1, 0.15) is 6.54 Å². The van der Waals surface area contributed by atoms with Crippen molar-refractivity contribution in [2.45, 2.75) is 36.7 Å². The van der Waals surface area contributed by atoms with Gasteiger partial charge in [-0.2, -0.15) is 0 Å². The summed E-state index contributed by atoms with van der Waals surface area (Å²) in [6.07, 6.45) is 3.38. The largest absolute Gasteiger partial charge is 0.461 e. The summed E-state index contributed by atoms with van der Waals surface area (Å²) in [5, 5.41) is 15.3. The van der Waals surface area contributed by atoms with Gasteiger partial charge in [0, 0.05) is 6.04 Å². The van der Waals surface area contributed by atoms with Crippen LogP contribution in [0.25, 0.3) is 11.6 Å². The summed E-state index contributed by atoms with van der Waals surface area (Å²) in [5.74, 6) is 1.47. The highest BCUT2D eigenvalue weighted by Crippen LogP contribution is 2.36. The van der Waals surface area contributed by atoms with Crippen molar-refractivity contribution in [1.29, 1.82) is 0 Å². The number of anilines is 1. The van der Waals surface area contributed by atoms with Gasteiger partial charge in [-0.1, -0.05) is 30.0 Å². The van der Waals surface area contributed by atoms with E-state index in [9.17, 15) is 9.59 Å². The second-order valence-electron chi connectivity index (χ2n) is 5.70. The molecular weight excluding hydrogens is 376 g/mol. The maximum absolute atomic E-state index is 12.7. The average Bonchev–Trinajstić information content (AvgIpc) is 3.01. The zero-order valence-corrected chi connectivity index (χ0v) is 15.5. The van der Waals surface area contributed by atoms with Gasteiger partial charge in [-0.25, -0.2) is 9.48 Å². The van der Waals surface area contributed by atoms with Crippen LogP contribution in [-0.2, 0) is 11.3 Å². The number of furan rings is 1. The van der Waals surface area contributed by atoms with Crippen LogP contribution >= 0.6 is 23.1 Å². The molecule has 9 nitrogen and oxygen atoms in total. The summed E-state index contributed by atoms with van der Waals surface area (Å²) in [6.45, 7) is 1.83. The highest BCUT2D eigenvalue weighted by molar-refractivity contribution is 8.01. The monoisotopic (exact) mass is 392 g/mol. The molecule has 1 amide bonds. The normalized spacial score (nSPS) is 13.9. The summed E-state index contributed by atoms with van der Waals surface area (Å²) in [4.78, 5) is 24.9. The van der Waals surface area contributed by atoms with E-state index in [0.717, 1.165) is 27.6 Å². The minimum atomic E-state index is -0.372. The maximum atomic E-state index is 12.7. The first-order valence-corrected chi connectivity index (χ1v) is 9.95. The van der Waals surface area contributed by atoms with Gasteiger partial charge >= 0.3 is 5.69 Å². The topological polar surface area (TPSA) is 108 Å². The molecule has 0 atom stereocenters. The number of aromatic nitrogens is 5. The van der Waals surface area contributed by atoms with E-state index in [-0.39, 0.29) is 24.2 Å². The first kappa shape index (κ1) is 17.0. The Balaban J connectivity index is 1.53. The molecule has 3 aromatic heterocycles. The Bertz CT molecular complexity index is 970. The van der Waals surface area contributed by atoms with Gasteiger partial charge < -0.3 is 4.42 Å². The molecule has 1 saturated carbocycles. The number of carbonyl (C=O) groups excluding carboxylic acids is 1. The predicted octanol–water partition coefficient (Wildman–Crippen LogP) is 2.24. The fourth-order valence-corrected chi connectivity index (χ4v) is 4.16. The van der Waals surface area contributed by atoms with E-state index in [1.165, 1.54) is 17.6 Å². The van der Waals surface area contributed by atoms with E-state index in [0.29, 0.717) is 16.7 Å². The minimum Gasteiger partial charge on any atom is -0.461 e. The first-order valence-electron chi connectivity index (χ1n) is 8.15. The summed E-state index contributed by atoms with van der Waals surface area (Å²) < 4.78 is 8.93. The van der Waals surface area contributed by atoms with Gasteiger partial charge in [0.15, 0.2) is 10.1 Å². The van der Waals surface area contributed by atoms with Crippen molar-refractivity contribution in [2.24, 2.45) is 0 Å². The van der Waals surface area contributed by atoms with Crippen LogP contribution in [0.2, 0.25) is 0 Å². The lowest BCUT2D eigenvalue weighted by molar-refractivity contribution is -0.117. The number of rotatable bonds is 7. The number of hydrogen-bond acceptors (Lipinski definition) is 8. The van der Waals surface area contributed by atoms with Crippen LogP contribution in [-0.4, -0.2) is 36.2 Å². The lowest BCUT2D eigenvalue weighted by atomic mass is 10.4. The molecule has 3 aromatic rings. The number of nitrogens with zero attached hydrogens (tertiary/aromatic N) is 5. The van der Waals surface area contributed by atoms with Gasteiger partial charge in [-0.05, 0) is 30.7 Å². The zero-order valence-electron chi connectivity index (χ0n) is 13.9. The van der Waals surface area contributed by atoms with E-state index in [2.05, 4.69) is 20.6 Å². The van der Waals surface area contributed by atoms with Gasteiger partial charge in [0.25, 0.3) is 0 Å². The average molecular weight is 392 g/mol. The number of thioether (sulfide) groups is 1. The summed E-state index contributed by atoms with van der Waals surface area (Å²) in [5.41, 5.74) is -0.312. The molecule has 1 fully saturated rings. The molecule has 0 unspecified atom stereocenters. The van der Waals surface area contributed by atoms with Crippen LogP contribution in [0.1, 0.15) is 25.8 Å². The van der Waals surface area contributed by atoms with Crippen molar-refractivity contribution in [1.82, 2.24) is 24.5 Å². The highest BCUT2D eigenvalue weighted by atomic mass is 32.2. The van der Waals surface area contributed by atoms with Crippen LogP contribution in [0.4, 0.5) is 5.13 Å². The molecule has 1 aliphatic rings. The summed E-state index contributed by atoms with van der Waals surface area (Å²) in [6, 6.07) is 3.61. The molecule has 136 valence electrons. The Hall–Kier alpha value is -2.40. The third-order valence-corrected chi connectivity index (χ3v) is 5.59. The van der Waals surface area contributed by atoms with Crippen LogP contribution < -0.4 is 11.0 Å². The van der Waals surface area contributed by atoms with Crippen LogP contribution in [0.5, 0.6) is 0 Å². The summed E-state index contributed by atoms with van der Waals surface area (Å²) >= 11 is 2.86.